The summed E-state index contributed by atoms with van der Waals surface area (Å²) < 4.78 is 46.8. The van der Waals surface area contributed by atoms with Crippen LogP contribution in [0, 0.1) is 23.0 Å². The van der Waals surface area contributed by atoms with Crippen molar-refractivity contribution in [2.24, 2.45) is 0 Å². The minimum Gasteiger partial charge on any atom is -0.494 e. The van der Waals surface area contributed by atoms with Gasteiger partial charge in [-0.15, -0.1) is 0 Å². The van der Waals surface area contributed by atoms with Gasteiger partial charge in [-0.1, -0.05) is 60.1 Å². The highest BCUT2D eigenvalue weighted by atomic mass is 35.5. The van der Waals surface area contributed by atoms with Gasteiger partial charge in [0.05, 0.1) is 34.5 Å². The Kier molecular flexibility index (Phi) is 15.2. The van der Waals surface area contributed by atoms with Crippen LogP contribution in [0.25, 0.3) is 33.1 Å². The first-order chi connectivity index (χ1) is 24.1. The standard InChI is InChI=1S/C17H14FNO2.C11H10ClNO2.C6H6BFO2.C2H3NO/c1-20-14-8-4-6-12-10-15(21-2)17(19-16(12)14)11-5-3-7-13(18)9-11;1-14-8-5-3-4-7-6-9(15-2)11(12)13-10(7)8;8-6-3-1-2-5(4-6)7(9)10;3-1-2-4/h3-10H,1-2H3;3-6H,1-2H3;1-4,9-10H;4H,2H2. The number of aromatic nitrogens is 2. The predicted molar refractivity (Wildman–Crippen MR) is 189 cm³/mol. The number of aliphatic hydroxyl groups is 1. The molecule has 50 heavy (non-hydrogen) atoms. The lowest BCUT2D eigenvalue weighted by Crippen LogP contribution is -2.29. The van der Waals surface area contributed by atoms with E-state index in [0.29, 0.717) is 39.4 Å². The Morgan fingerprint density at radius 2 is 1.16 bits per heavy atom. The molecule has 14 heteroatoms. The Bertz CT molecular complexity index is 2070. The van der Waals surface area contributed by atoms with E-state index in [1.807, 2.05) is 48.5 Å². The fourth-order valence-corrected chi connectivity index (χ4v) is 4.64. The van der Waals surface area contributed by atoms with E-state index in [1.54, 1.807) is 40.6 Å². The molecule has 10 nitrogen and oxygen atoms in total. The van der Waals surface area contributed by atoms with Crippen molar-refractivity contribution >= 4 is 46.0 Å². The number of pyridine rings is 2. The first kappa shape index (κ1) is 38.9. The number of benzene rings is 4. The minimum absolute atomic E-state index is 0.167. The van der Waals surface area contributed by atoms with E-state index >= 15 is 0 Å². The maximum absolute atomic E-state index is 13.5. The number of hydrogen-bond acceptors (Lipinski definition) is 10. The molecule has 258 valence electrons. The highest BCUT2D eigenvalue weighted by Crippen LogP contribution is 2.35. The molecule has 0 unspecified atom stereocenters. The topological polar surface area (TPSA) is 147 Å². The van der Waals surface area contributed by atoms with Crippen LogP contribution in [-0.2, 0) is 0 Å². The van der Waals surface area contributed by atoms with Gasteiger partial charge in [0, 0.05) is 16.3 Å². The Hall–Kier alpha value is -5.52. The number of fused-ring (bicyclic) bond motifs is 2. The molecule has 2 heterocycles. The van der Waals surface area contributed by atoms with Gasteiger partial charge in [-0.25, -0.2) is 18.7 Å². The molecule has 0 fully saturated rings. The molecular formula is C36H33BClF2N3O7. The summed E-state index contributed by atoms with van der Waals surface area (Å²) in [5, 5.41) is 34.2. The van der Waals surface area contributed by atoms with E-state index in [-0.39, 0.29) is 17.9 Å². The molecule has 6 rings (SSSR count). The maximum Gasteiger partial charge on any atom is 0.488 e. The Morgan fingerprint density at radius 3 is 1.62 bits per heavy atom. The van der Waals surface area contributed by atoms with E-state index in [9.17, 15) is 8.78 Å². The summed E-state index contributed by atoms with van der Waals surface area (Å²) in [5.74, 6) is 1.77. The number of methoxy groups -OCH3 is 4. The Labute approximate surface area is 292 Å². The van der Waals surface area contributed by atoms with Crippen LogP contribution < -0.4 is 24.4 Å². The quantitative estimate of drug-likeness (QED) is 0.108. The third-order valence-electron chi connectivity index (χ3n) is 6.70. The van der Waals surface area contributed by atoms with E-state index in [4.69, 9.17) is 51.0 Å². The molecule has 0 saturated carbocycles. The van der Waals surface area contributed by atoms with Crippen LogP contribution in [0.1, 0.15) is 0 Å². The van der Waals surface area contributed by atoms with E-state index in [1.165, 1.54) is 36.4 Å². The fourth-order valence-electron chi connectivity index (χ4n) is 4.42. The lowest BCUT2D eigenvalue weighted by molar-refractivity contribution is 0.348. The van der Waals surface area contributed by atoms with Crippen molar-refractivity contribution in [2.45, 2.75) is 0 Å². The van der Waals surface area contributed by atoms with Crippen molar-refractivity contribution in [3.8, 4) is 40.3 Å². The SMILES string of the molecule is COc1cc2cccc(OC)c2nc1-c1cccc(F)c1.COc1cc2cccc(OC)c2nc1Cl.N#CCO.OB(O)c1cccc(F)c1. The number of aliphatic hydroxyl groups excluding tert-OH is 1. The fraction of sp³-hybridized carbons (Fsp3) is 0.139. The van der Waals surface area contributed by atoms with Gasteiger partial charge in [0.15, 0.2) is 10.9 Å². The van der Waals surface area contributed by atoms with Gasteiger partial charge in [-0.2, -0.15) is 5.26 Å². The molecule has 0 radical (unpaired) electrons. The molecule has 2 aromatic heterocycles. The predicted octanol–water partition coefficient (Wildman–Crippen LogP) is 5.97. The maximum atomic E-state index is 13.5. The number of nitriles is 1. The van der Waals surface area contributed by atoms with Crippen LogP contribution in [0.4, 0.5) is 8.78 Å². The molecule has 0 amide bonds. The number of nitrogens with zero attached hydrogens (tertiary/aromatic N) is 3. The monoisotopic (exact) mass is 703 g/mol. The molecule has 0 saturated heterocycles. The summed E-state index contributed by atoms with van der Waals surface area (Å²) in [5.41, 5.74) is 2.89. The zero-order chi connectivity index (χ0) is 36.6. The molecule has 0 spiro atoms. The van der Waals surface area contributed by atoms with E-state index in [2.05, 4.69) is 9.97 Å². The third kappa shape index (κ3) is 10.5. The Morgan fingerprint density at radius 1 is 0.680 bits per heavy atom. The van der Waals surface area contributed by atoms with Gasteiger partial charge in [0.1, 0.15) is 52.2 Å². The van der Waals surface area contributed by atoms with Crippen LogP contribution in [0.3, 0.4) is 0 Å². The van der Waals surface area contributed by atoms with Crippen LogP contribution in [0.2, 0.25) is 5.15 Å². The van der Waals surface area contributed by atoms with Crippen molar-refractivity contribution in [1.82, 2.24) is 9.97 Å². The average Bonchev–Trinajstić information content (AvgIpc) is 3.14. The van der Waals surface area contributed by atoms with Gasteiger partial charge in [-0.05, 0) is 54.0 Å². The third-order valence-corrected chi connectivity index (χ3v) is 6.97. The number of rotatable bonds is 6. The number of halogens is 3. The molecule has 3 N–H and O–H groups in total. The number of hydrogen-bond donors (Lipinski definition) is 3. The molecule has 4 aromatic carbocycles. The molecule has 0 aliphatic carbocycles. The molecular weight excluding hydrogens is 671 g/mol. The molecule has 0 atom stereocenters. The second kappa shape index (κ2) is 19.5. The van der Waals surface area contributed by atoms with Crippen molar-refractivity contribution in [1.29, 1.82) is 5.26 Å². The number of para-hydroxylation sites is 2. The van der Waals surface area contributed by atoms with Gasteiger partial charge in [0.2, 0.25) is 0 Å². The summed E-state index contributed by atoms with van der Waals surface area (Å²) in [6.45, 7) is -0.375. The normalized spacial score (nSPS) is 9.86. The van der Waals surface area contributed by atoms with Crippen molar-refractivity contribution < 1.29 is 42.9 Å². The lowest BCUT2D eigenvalue weighted by atomic mass is 9.80. The average molecular weight is 704 g/mol. The molecule has 0 bridgehead atoms. The van der Waals surface area contributed by atoms with Crippen molar-refractivity contribution in [3.05, 3.63) is 114 Å². The highest BCUT2D eigenvalue weighted by molar-refractivity contribution is 6.58. The zero-order valence-electron chi connectivity index (χ0n) is 27.5. The largest absolute Gasteiger partial charge is 0.494 e. The Balaban J connectivity index is 0.000000204. The summed E-state index contributed by atoms with van der Waals surface area (Å²) in [4.78, 5) is 8.84. The summed E-state index contributed by atoms with van der Waals surface area (Å²) in [7, 11) is 4.76. The van der Waals surface area contributed by atoms with Gasteiger partial charge in [0.25, 0.3) is 0 Å². The van der Waals surface area contributed by atoms with E-state index in [0.717, 1.165) is 27.9 Å². The van der Waals surface area contributed by atoms with Crippen molar-refractivity contribution in [2.75, 3.05) is 35.0 Å². The van der Waals surface area contributed by atoms with Gasteiger partial charge in [-0.3, -0.25) is 0 Å². The number of ether oxygens (including phenoxy) is 4. The van der Waals surface area contributed by atoms with Crippen LogP contribution in [-0.4, -0.2) is 67.3 Å². The smallest absolute Gasteiger partial charge is 0.488 e. The van der Waals surface area contributed by atoms with Gasteiger partial charge < -0.3 is 34.1 Å². The van der Waals surface area contributed by atoms with E-state index < -0.39 is 12.9 Å². The lowest BCUT2D eigenvalue weighted by Gasteiger charge is -2.11. The second-order valence-electron chi connectivity index (χ2n) is 9.84. The molecule has 6 aromatic rings. The summed E-state index contributed by atoms with van der Waals surface area (Å²) in [6, 6.07) is 28.0. The minimum atomic E-state index is -1.59. The first-order valence-electron chi connectivity index (χ1n) is 14.6. The first-order valence-corrected chi connectivity index (χ1v) is 15.0. The zero-order valence-corrected chi connectivity index (χ0v) is 28.2. The highest BCUT2D eigenvalue weighted by Gasteiger charge is 2.13. The summed E-state index contributed by atoms with van der Waals surface area (Å²) in [6.07, 6.45) is 0. The molecule has 0 aliphatic rings. The van der Waals surface area contributed by atoms with Crippen LogP contribution in [0.5, 0.6) is 23.0 Å². The summed E-state index contributed by atoms with van der Waals surface area (Å²) >= 11 is 5.94. The van der Waals surface area contributed by atoms with Crippen molar-refractivity contribution in [3.63, 3.8) is 0 Å². The van der Waals surface area contributed by atoms with Crippen LogP contribution in [0.15, 0.2) is 97.1 Å². The van der Waals surface area contributed by atoms with Crippen LogP contribution >= 0.6 is 11.6 Å². The second-order valence-corrected chi connectivity index (χ2v) is 10.2. The molecule has 0 aliphatic heterocycles. The van der Waals surface area contributed by atoms with Gasteiger partial charge >= 0.3 is 7.12 Å².